The molecule has 1 aromatic heterocycles. The van der Waals surface area contributed by atoms with Crippen LogP contribution in [0.5, 0.6) is 0 Å². The van der Waals surface area contributed by atoms with E-state index in [-0.39, 0.29) is 0 Å². The average molecular weight is 392 g/mol. The van der Waals surface area contributed by atoms with Gasteiger partial charge in [0.05, 0.1) is 11.7 Å². The van der Waals surface area contributed by atoms with Crippen molar-refractivity contribution in [2.75, 3.05) is 13.1 Å². The molecule has 0 saturated carbocycles. The number of nitrogens with one attached hydrogen (secondary N) is 1. The largest absolute Gasteiger partial charge is 0.308 e. The van der Waals surface area contributed by atoms with Crippen LogP contribution in [0.4, 0.5) is 0 Å². The van der Waals surface area contributed by atoms with Gasteiger partial charge in [0.15, 0.2) is 0 Å². The van der Waals surface area contributed by atoms with Crippen molar-refractivity contribution in [3.8, 4) is 0 Å². The van der Waals surface area contributed by atoms with Crippen LogP contribution in [0, 0.1) is 5.41 Å². The molecule has 2 atom stereocenters. The smallest absolute Gasteiger partial charge is 0.0607 e. The van der Waals surface area contributed by atoms with Gasteiger partial charge in [0.2, 0.25) is 0 Å². The summed E-state index contributed by atoms with van der Waals surface area (Å²) in [6.45, 7) is 10.4. The van der Waals surface area contributed by atoms with E-state index in [9.17, 15) is 0 Å². The summed E-state index contributed by atoms with van der Waals surface area (Å²) in [5.74, 6) is 0. The van der Waals surface area contributed by atoms with Gasteiger partial charge in [0, 0.05) is 31.9 Å². The van der Waals surface area contributed by atoms with Gasteiger partial charge in [-0.15, -0.1) is 0 Å². The van der Waals surface area contributed by atoms with Crippen molar-refractivity contribution in [3.05, 3.63) is 65.0 Å². The minimum absolute atomic E-state index is 0.327. The third-order valence-corrected chi connectivity index (χ3v) is 6.78. The van der Waals surface area contributed by atoms with E-state index in [0.29, 0.717) is 17.5 Å². The van der Waals surface area contributed by atoms with Crippen LogP contribution in [0.15, 0.2) is 42.6 Å². The monoisotopic (exact) mass is 391 g/mol. The number of pyridine rings is 1. The minimum atomic E-state index is 0.327. The number of nitrogens with zero attached hydrogens (tertiary/aromatic N) is 2. The summed E-state index contributed by atoms with van der Waals surface area (Å²) in [7, 11) is 0. The van der Waals surface area contributed by atoms with Crippen LogP contribution in [-0.2, 0) is 19.4 Å². The second-order valence-corrected chi connectivity index (χ2v) is 9.85. The summed E-state index contributed by atoms with van der Waals surface area (Å²) < 4.78 is 0. The molecule has 4 rings (SSSR count). The molecule has 0 unspecified atom stereocenters. The number of fused-ring (bicyclic) bond motifs is 2. The Morgan fingerprint density at radius 3 is 2.72 bits per heavy atom. The molecule has 29 heavy (non-hydrogen) atoms. The third-order valence-electron chi connectivity index (χ3n) is 6.78. The van der Waals surface area contributed by atoms with Crippen LogP contribution in [0.25, 0.3) is 0 Å². The van der Waals surface area contributed by atoms with Crippen molar-refractivity contribution in [1.29, 1.82) is 0 Å². The van der Waals surface area contributed by atoms with E-state index in [0.717, 1.165) is 26.1 Å². The quantitative estimate of drug-likeness (QED) is 0.694. The van der Waals surface area contributed by atoms with Crippen LogP contribution in [0.3, 0.4) is 0 Å². The van der Waals surface area contributed by atoms with E-state index in [1.165, 1.54) is 54.5 Å². The Hall–Kier alpha value is -1.71. The highest BCUT2D eigenvalue weighted by Gasteiger charge is 2.33. The summed E-state index contributed by atoms with van der Waals surface area (Å²) in [5.41, 5.74) is 6.11. The van der Waals surface area contributed by atoms with E-state index < -0.39 is 0 Å². The van der Waals surface area contributed by atoms with Crippen LogP contribution >= 0.6 is 0 Å². The Kier molecular flexibility index (Phi) is 6.36. The van der Waals surface area contributed by atoms with Crippen LogP contribution in [0.1, 0.15) is 74.9 Å². The van der Waals surface area contributed by atoms with E-state index in [2.05, 4.69) is 67.4 Å². The lowest BCUT2D eigenvalue weighted by atomic mass is 9.84. The SMILES string of the molecule is CCCC(C)(C)CN(C[C@H]1Cc2ccccc2CN1)[C@H]1CCCc2cccnc21. The standard InChI is InChI=1S/C26H37N3/c1-4-14-26(2,3)19-29(24-13-7-11-20-12-8-15-27-25(20)24)18-23-16-21-9-5-6-10-22(21)17-28-23/h5-6,8-10,12,15,23-24,28H,4,7,11,13-14,16-19H2,1-3H3/t23-,24+/m1/s1. The zero-order valence-corrected chi connectivity index (χ0v) is 18.5. The first-order valence-corrected chi connectivity index (χ1v) is 11.5. The first-order valence-electron chi connectivity index (χ1n) is 11.5. The van der Waals surface area contributed by atoms with Crippen molar-refractivity contribution in [2.24, 2.45) is 5.41 Å². The summed E-state index contributed by atoms with van der Waals surface area (Å²) in [6.07, 6.45) is 9.32. The normalized spacial score (nSPS) is 21.7. The van der Waals surface area contributed by atoms with Crippen LogP contribution < -0.4 is 5.32 Å². The van der Waals surface area contributed by atoms with Gasteiger partial charge >= 0.3 is 0 Å². The fraction of sp³-hybridized carbons (Fsp3) is 0.577. The lowest BCUT2D eigenvalue weighted by Gasteiger charge is -2.42. The second kappa shape index (κ2) is 8.97. The molecule has 156 valence electrons. The summed E-state index contributed by atoms with van der Waals surface area (Å²) in [4.78, 5) is 7.63. The molecular formula is C26H37N3. The van der Waals surface area contributed by atoms with Gasteiger partial charge in [0.25, 0.3) is 0 Å². The van der Waals surface area contributed by atoms with Gasteiger partial charge in [-0.1, -0.05) is 57.5 Å². The van der Waals surface area contributed by atoms with E-state index in [1.54, 1.807) is 0 Å². The maximum Gasteiger partial charge on any atom is 0.0607 e. The van der Waals surface area contributed by atoms with Crippen molar-refractivity contribution in [3.63, 3.8) is 0 Å². The number of aryl methyl sites for hydroxylation is 1. The highest BCUT2D eigenvalue weighted by Crippen LogP contribution is 2.36. The molecular weight excluding hydrogens is 354 g/mol. The van der Waals surface area contributed by atoms with E-state index in [4.69, 9.17) is 4.98 Å². The highest BCUT2D eigenvalue weighted by atomic mass is 15.2. The predicted octanol–water partition coefficient (Wildman–Crippen LogP) is 5.30. The molecule has 0 fully saturated rings. The number of aromatic nitrogens is 1. The highest BCUT2D eigenvalue weighted by molar-refractivity contribution is 5.30. The number of benzene rings is 1. The number of rotatable bonds is 7. The zero-order valence-electron chi connectivity index (χ0n) is 18.5. The molecule has 2 aliphatic rings. The first kappa shape index (κ1) is 20.6. The molecule has 1 aromatic carbocycles. The fourth-order valence-corrected chi connectivity index (χ4v) is 5.48. The maximum atomic E-state index is 4.86. The first-order chi connectivity index (χ1) is 14.1. The lowest BCUT2D eigenvalue weighted by molar-refractivity contribution is 0.0955. The van der Waals surface area contributed by atoms with Crippen LogP contribution in [-0.4, -0.2) is 29.0 Å². The minimum Gasteiger partial charge on any atom is -0.308 e. The van der Waals surface area contributed by atoms with Gasteiger partial charge in [-0.05, 0) is 60.3 Å². The van der Waals surface area contributed by atoms with Crippen LogP contribution in [0.2, 0.25) is 0 Å². The fourth-order valence-electron chi connectivity index (χ4n) is 5.48. The molecule has 1 aliphatic heterocycles. The molecule has 0 bridgehead atoms. The molecule has 0 spiro atoms. The Balaban J connectivity index is 1.57. The predicted molar refractivity (Wildman–Crippen MR) is 121 cm³/mol. The average Bonchev–Trinajstić information content (AvgIpc) is 2.72. The Morgan fingerprint density at radius 2 is 1.90 bits per heavy atom. The van der Waals surface area contributed by atoms with Crippen molar-refractivity contribution >= 4 is 0 Å². The molecule has 2 aromatic rings. The van der Waals surface area contributed by atoms with E-state index >= 15 is 0 Å². The van der Waals surface area contributed by atoms with Crippen molar-refractivity contribution < 1.29 is 0 Å². The Morgan fingerprint density at radius 1 is 1.10 bits per heavy atom. The molecule has 1 N–H and O–H groups in total. The number of hydrogen-bond acceptors (Lipinski definition) is 3. The molecule has 1 aliphatic carbocycles. The molecule has 3 heteroatoms. The third kappa shape index (κ3) is 4.90. The van der Waals surface area contributed by atoms with Gasteiger partial charge in [0.1, 0.15) is 0 Å². The topological polar surface area (TPSA) is 28.2 Å². The van der Waals surface area contributed by atoms with Gasteiger partial charge in [-0.2, -0.15) is 0 Å². The zero-order chi connectivity index (χ0) is 20.3. The maximum absolute atomic E-state index is 4.86. The summed E-state index contributed by atoms with van der Waals surface area (Å²) in [6, 6.07) is 14.3. The van der Waals surface area contributed by atoms with E-state index in [1.807, 2.05) is 6.20 Å². The van der Waals surface area contributed by atoms with Crippen molar-refractivity contribution in [1.82, 2.24) is 15.2 Å². The molecule has 2 heterocycles. The second-order valence-electron chi connectivity index (χ2n) is 9.85. The van der Waals surface area contributed by atoms with Gasteiger partial charge in [-0.3, -0.25) is 9.88 Å². The lowest BCUT2D eigenvalue weighted by Crippen LogP contribution is -2.48. The van der Waals surface area contributed by atoms with Gasteiger partial charge in [-0.25, -0.2) is 0 Å². The summed E-state index contributed by atoms with van der Waals surface area (Å²) in [5, 5.41) is 3.82. The Labute approximate surface area is 176 Å². The molecule has 0 saturated heterocycles. The molecule has 0 amide bonds. The number of hydrogen-bond donors (Lipinski definition) is 1. The molecule has 3 nitrogen and oxygen atoms in total. The van der Waals surface area contributed by atoms with Crippen molar-refractivity contribution in [2.45, 2.75) is 77.9 Å². The summed E-state index contributed by atoms with van der Waals surface area (Å²) >= 11 is 0. The Bertz CT molecular complexity index is 813. The van der Waals surface area contributed by atoms with Gasteiger partial charge < -0.3 is 5.32 Å². The molecule has 0 radical (unpaired) electrons.